The highest BCUT2D eigenvalue weighted by Crippen LogP contribution is 2.39. The van der Waals surface area contributed by atoms with Crippen molar-refractivity contribution in [3.8, 4) is 5.75 Å². The highest BCUT2D eigenvalue weighted by molar-refractivity contribution is 5.97. The predicted molar refractivity (Wildman–Crippen MR) is 129 cm³/mol. The van der Waals surface area contributed by atoms with Crippen molar-refractivity contribution in [3.63, 3.8) is 0 Å². The first-order valence-electron chi connectivity index (χ1n) is 12.1. The average molecular weight is 465 g/mol. The van der Waals surface area contributed by atoms with Crippen LogP contribution in [0.5, 0.6) is 5.75 Å². The van der Waals surface area contributed by atoms with E-state index in [4.69, 9.17) is 9.47 Å². The minimum Gasteiger partial charge on any atom is -0.489 e. The van der Waals surface area contributed by atoms with E-state index in [0.717, 1.165) is 43.2 Å². The minimum atomic E-state index is -0.156. The SMILES string of the molecule is O=C(CN1CCN(CC(=O)N2c3ccccc3OC[C@@H]2c2ccccc2)CC1)N1CCOCC1. The zero-order valence-electron chi connectivity index (χ0n) is 19.5. The number of amides is 2. The molecule has 5 rings (SSSR count). The standard InChI is InChI=1S/C26H32N4O4/c31-25(29-14-16-33-17-15-29)18-27-10-12-28(13-11-27)19-26(32)30-22-8-4-5-9-24(22)34-20-23(30)21-6-2-1-3-7-21/h1-9,23H,10-20H2/t23-/m1/s1. The Balaban J connectivity index is 1.21. The summed E-state index contributed by atoms with van der Waals surface area (Å²) in [4.78, 5) is 34.4. The number of piperazine rings is 1. The molecule has 0 unspecified atom stereocenters. The van der Waals surface area contributed by atoms with Crippen LogP contribution in [0.1, 0.15) is 11.6 Å². The number of hydrogen-bond acceptors (Lipinski definition) is 6. The fourth-order valence-corrected chi connectivity index (χ4v) is 4.90. The van der Waals surface area contributed by atoms with Crippen LogP contribution >= 0.6 is 0 Å². The second-order valence-electron chi connectivity index (χ2n) is 9.01. The molecule has 0 aromatic heterocycles. The topological polar surface area (TPSA) is 65.6 Å². The maximum atomic E-state index is 13.6. The summed E-state index contributed by atoms with van der Waals surface area (Å²) in [6, 6.07) is 17.7. The van der Waals surface area contributed by atoms with Crippen LogP contribution in [0, 0.1) is 0 Å². The molecule has 0 bridgehead atoms. The van der Waals surface area contributed by atoms with Crippen LogP contribution in [0.3, 0.4) is 0 Å². The summed E-state index contributed by atoms with van der Waals surface area (Å²) in [6.07, 6.45) is 0. The van der Waals surface area contributed by atoms with E-state index in [1.54, 1.807) is 0 Å². The van der Waals surface area contributed by atoms with Crippen LogP contribution in [-0.2, 0) is 14.3 Å². The van der Waals surface area contributed by atoms with Crippen LogP contribution < -0.4 is 9.64 Å². The number of anilines is 1. The number of carbonyl (C=O) groups is 2. The Labute approximate surface area is 200 Å². The Bertz CT molecular complexity index is 987. The Hall–Kier alpha value is -2.94. The van der Waals surface area contributed by atoms with Crippen molar-refractivity contribution < 1.29 is 19.1 Å². The molecule has 0 spiro atoms. The first kappa shape index (κ1) is 22.8. The monoisotopic (exact) mass is 464 g/mol. The minimum absolute atomic E-state index is 0.0717. The molecular formula is C26H32N4O4. The molecule has 0 saturated carbocycles. The van der Waals surface area contributed by atoms with Crippen molar-refractivity contribution >= 4 is 17.5 Å². The third-order valence-corrected chi connectivity index (χ3v) is 6.83. The van der Waals surface area contributed by atoms with Crippen LogP contribution in [-0.4, -0.2) is 98.7 Å². The van der Waals surface area contributed by atoms with E-state index in [-0.39, 0.29) is 17.9 Å². The van der Waals surface area contributed by atoms with Crippen LogP contribution in [0.2, 0.25) is 0 Å². The molecule has 8 nitrogen and oxygen atoms in total. The Morgan fingerprint density at radius 2 is 1.38 bits per heavy atom. The van der Waals surface area contributed by atoms with Gasteiger partial charge in [0.15, 0.2) is 0 Å². The summed E-state index contributed by atoms with van der Waals surface area (Å²) in [7, 11) is 0. The average Bonchev–Trinajstić information content (AvgIpc) is 2.90. The first-order chi connectivity index (χ1) is 16.7. The van der Waals surface area contributed by atoms with Gasteiger partial charge in [-0.05, 0) is 17.7 Å². The molecule has 8 heteroatoms. The maximum Gasteiger partial charge on any atom is 0.241 e. The number of carbonyl (C=O) groups excluding carboxylic acids is 2. The van der Waals surface area contributed by atoms with E-state index in [1.165, 1.54) is 0 Å². The highest BCUT2D eigenvalue weighted by atomic mass is 16.5. The fraction of sp³-hybridized carbons (Fsp3) is 0.462. The Kier molecular flexibility index (Phi) is 7.08. The molecule has 2 fully saturated rings. The number of fused-ring (bicyclic) bond motifs is 1. The van der Waals surface area contributed by atoms with E-state index in [1.807, 2.05) is 64.4 Å². The van der Waals surface area contributed by atoms with E-state index in [0.29, 0.717) is 46.0 Å². The highest BCUT2D eigenvalue weighted by Gasteiger charge is 2.34. The van der Waals surface area contributed by atoms with Gasteiger partial charge in [-0.25, -0.2) is 0 Å². The van der Waals surface area contributed by atoms with Crippen LogP contribution in [0.15, 0.2) is 54.6 Å². The van der Waals surface area contributed by atoms with Crippen molar-refractivity contribution in [1.29, 1.82) is 0 Å². The second-order valence-corrected chi connectivity index (χ2v) is 9.01. The molecule has 1 atom stereocenters. The molecular weight excluding hydrogens is 432 g/mol. The molecule has 0 N–H and O–H groups in total. The van der Waals surface area contributed by atoms with Crippen molar-refractivity contribution in [2.24, 2.45) is 0 Å². The number of para-hydroxylation sites is 2. The number of ether oxygens (including phenoxy) is 2. The van der Waals surface area contributed by atoms with Gasteiger partial charge in [-0.2, -0.15) is 0 Å². The van der Waals surface area contributed by atoms with E-state index >= 15 is 0 Å². The van der Waals surface area contributed by atoms with E-state index < -0.39 is 0 Å². The molecule has 2 saturated heterocycles. The molecule has 3 aliphatic heterocycles. The molecule has 180 valence electrons. The number of hydrogen-bond donors (Lipinski definition) is 0. The lowest BCUT2D eigenvalue weighted by atomic mass is 10.0. The molecule has 2 aromatic carbocycles. The van der Waals surface area contributed by atoms with Gasteiger partial charge in [-0.15, -0.1) is 0 Å². The van der Waals surface area contributed by atoms with Crippen molar-refractivity contribution in [1.82, 2.24) is 14.7 Å². The van der Waals surface area contributed by atoms with Gasteiger partial charge in [0.2, 0.25) is 11.8 Å². The number of rotatable bonds is 5. The summed E-state index contributed by atoms with van der Waals surface area (Å²) < 4.78 is 11.3. The predicted octanol–water partition coefficient (Wildman–Crippen LogP) is 1.63. The lowest BCUT2D eigenvalue weighted by molar-refractivity contribution is -0.137. The molecule has 0 radical (unpaired) electrons. The molecule has 2 aromatic rings. The van der Waals surface area contributed by atoms with E-state index in [2.05, 4.69) is 9.80 Å². The lowest BCUT2D eigenvalue weighted by Crippen LogP contribution is -2.54. The van der Waals surface area contributed by atoms with Crippen molar-refractivity contribution in [3.05, 3.63) is 60.2 Å². The Morgan fingerprint density at radius 3 is 2.09 bits per heavy atom. The van der Waals surface area contributed by atoms with Gasteiger partial charge in [-0.3, -0.25) is 24.3 Å². The normalized spacial score (nSPS) is 21.6. The fourth-order valence-electron chi connectivity index (χ4n) is 4.90. The van der Waals surface area contributed by atoms with Gasteiger partial charge in [0.25, 0.3) is 0 Å². The van der Waals surface area contributed by atoms with Gasteiger partial charge in [0, 0.05) is 39.3 Å². The zero-order chi connectivity index (χ0) is 23.3. The number of morpholine rings is 1. The summed E-state index contributed by atoms with van der Waals surface area (Å²) in [5.41, 5.74) is 1.89. The molecule has 34 heavy (non-hydrogen) atoms. The van der Waals surface area contributed by atoms with Gasteiger partial charge >= 0.3 is 0 Å². The van der Waals surface area contributed by atoms with Gasteiger partial charge in [-0.1, -0.05) is 42.5 Å². The summed E-state index contributed by atoms with van der Waals surface area (Å²) >= 11 is 0. The van der Waals surface area contributed by atoms with Crippen molar-refractivity contribution in [2.75, 3.05) is 77.1 Å². The lowest BCUT2D eigenvalue weighted by Gasteiger charge is -2.40. The van der Waals surface area contributed by atoms with E-state index in [9.17, 15) is 9.59 Å². The first-order valence-corrected chi connectivity index (χ1v) is 12.1. The van der Waals surface area contributed by atoms with Gasteiger partial charge < -0.3 is 14.4 Å². The van der Waals surface area contributed by atoms with Gasteiger partial charge in [0.05, 0.1) is 38.0 Å². The van der Waals surface area contributed by atoms with Crippen molar-refractivity contribution in [2.45, 2.75) is 6.04 Å². The smallest absolute Gasteiger partial charge is 0.241 e. The Morgan fingerprint density at radius 1 is 0.765 bits per heavy atom. The molecule has 3 aliphatic rings. The summed E-state index contributed by atoms with van der Waals surface area (Å²) in [5, 5.41) is 0. The zero-order valence-corrected chi connectivity index (χ0v) is 19.5. The quantitative estimate of drug-likeness (QED) is 0.670. The number of benzene rings is 2. The largest absolute Gasteiger partial charge is 0.489 e. The summed E-state index contributed by atoms with van der Waals surface area (Å²) in [5.74, 6) is 0.986. The molecule has 2 amide bonds. The number of nitrogens with zero attached hydrogens (tertiary/aromatic N) is 4. The molecule has 3 heterocycles. The summed E-state index contributed by atoms with van der Waals surface area (Å²) in [6.45, 7) is 6.92. The molecule has 0 aliphatic carbocycles. The van der Waals surface area contributed by atoms with Gasteiger partial charge in [0.1, 0.15) is 12.4 Å². The third kappa shape index (κ3) is 5.09. The third-order valence-electron chi connectivity index (χ3n) is 6.83. The second kappa shape index (κ2) is 10.5. The van der Waals surface area contributed by atoms with Crippen LogP contribution in [0.4, 0.5) is 5.69 Å². The maximum absolute atomic E-state index is 13.6. The van der Waals surface area contributed by atoms with Crippen LogP contribution in [0.25, 0.3) is 0 Å².